The Bertz CT molecular complexity index is 762. The van der Waals surface area contributed by atoms with Gasteiger partial charge in [-0.3, -0.25) is 0 Å². The molecule has 102 valence electrons. The monoisotopic (exact) mass is 332 g/mol. The number of halogens is 1. The molecule has 0 radical (unpaired) electrons. The van der Waals surface area contributed by atoms with E-state index in [4.69, 9.17) is 13.9 Å². The molecule has 0 aliphatic rings. The minimum atomic E-state index is 0.712. The lowest BCUT2D eigenvalue weighted by molar-refractivity contribution is 0.394. The van der Waals surface area contributed by atoms with E-state index in [0.29, 0.717) is 5.75 Å². The topological polar surface area (TPSA) is 31.6 Å². The van der Waals surface area contributed by atoms with Crippen LogP contribution in [-0.2, 0) is 0 Å². The van der Waals surface area contributed by atoms with Crippen LogP contribution in [0.2, 0.25) is 0 Å². The van der Waals surface area contributed by atoms with Crippen molar-refractivity contribution in [2.45, 2.75) is 0 Å². The van der Waals surface area contributed by atoms with E-state index in [1.165, 1.54) is 0 Å². The van der Waals surface area contributed by atoms with Gasteiger partial charge >= 0.3 is 0 Å². The van der Waals surface area contributed by atoms with E-state index >= 15 is 0 Å². The van der Waals surface area contributed by atoms with Crippen LogP contribution < -0.4 is 9.47 Å². The predicted octanol–water partition coefficient (Wildman–Crippen LogP) is 4.88. The van der Waals surface area contributed by atoms with E-state index in [-0.39, 0.29) is 0 Å². The van der Waals surface area contributed by atoms with Crippen molar-refractivity contribution < 1.29 is 13.9 Å². The van der Waals surface area contributed by atoms with Crippen molar-refractivity contribution in [1.29, 1.82) is 0 Å². The highest BCUT2D eigenvalue weighted by atomic mass is 79.9. The van der Waals surface area contributed by atoms with Gasteiger partial charge in [0.1, 0.15) is 17.1 Å². The lowest BCUT2D eigenvalue weighted by atomic mass is 10.1. The maximum absolute atomic E-state index is 5.93. The van der Waals surface area contributed by atoms with Crippen molar-refractivity contribution in [3.05, 3.63) is 46.9 Å². The third-order valence-corrected chi connectivity index (χ3v) is 3.98. The zero-order valence-corrected chi connectivity index (χ0v) is 12.7. The van der Waals surface area contributed by atoms with Crippen LogP contribution in [0.1, 0.15) is 0 Å². The lowest BCUT2D eigenvalue weighted by Gasteiger charge is -2.08. The number of fused-ring (bicyclic) bond motifs is 1. The first kappa shape index (κ1) is 13.1. The lowest BCUT2D eigenvalue weighted by Crippen LogP contribution is -1.89. The molecule has 2 aromatic carbocycles. The zero-order valence-electron chi connectivity index (χ0n) is 11.1. The maximum Gasteiger partial charge on any atom is 0.153 e. The van der Waals surface area contributed by atoms with Crippen LogP contribution in [-0.4, -0.2) is 14.2 Å². The van der Waals surface area contributed by atoms with Gasteiger partial charge in [-0.05, 0) is 40.2 Å². The molecule has 20 heavy (non-hydrogen) atoms. The van der Waals surface area contributed by atoms with Crippen LogP contribution in [0.3, 0.4) is 0 Å². The van der Waals surface area contributed by atoms with Gasteiger partial charge in [-0.25, -0.2) is 0 Å². The second-order valence-corrected chi connectivity index (χ2v) is 5.10. The molecule has 1 aromatic heterocycles. The Hall–Kier alpha value is -1.94. The van der Waals surface area contributed by atoms with Gasteiger partial charge < -0.3 is 13.9 Å². The van der Waals surface area contributed by atoms with E-state index in [2.05, 4.69) is 15.9 Å². The summed E-state index contributed by atoms with van der Waals surface area (Å²) in [6.45, 7) is 0. The average Bonchev–Trinajstić information content (AvgIpc) is 2.84. The predicted molar refractivity (Wildman–Crippen MR) is 82.5 cm³/mol. The minimum absolute atomic E-state index is 0.712. The summed E-state index contributed by atoms with van der Waals surface area (Å²) in [6, 6.07) is 13.6. The van der Waals surface area contributed by atoms with Crippen molar-refractivity contribution in [3.8, 4) is 22.8 Å². The molecule has 3 nitrogen and oxygen atoms in total. The Morgan fingerprint density at radius 2 is 1.80 bits per heavy atom. The highest BCUT2D eigenvalue weighted by Gasteiger charge is 2.17. The Kier molecular flexibility index (Phi) is 3.40. The van der Waals surface area contributed by atoms with Crippen molar-refractivity contribution in [1.82, 2.24) is 0 Å². The number of ether oxygens (including phenoxy) is 2. The van der Waals surface area contributed by atoms with Crippen LogP contribution in [0.5, 0.6) is 11.5 Å². The molecule has 0 aliphatic heterocycles. The van der Waals surface area contributed by atoms with Gasteiger partial charge in [0.2, 0.25) is 0 Å². The standard InChI is InChI=1S/C16H13BrO3/c1-18-10-7-8-12(14(9-10)19-2)16-15(17)11-5-3-4-6-13(11)20-16/h3-9H,1-2H3. The number of hydrogen-bond acceptors (Lipinski definition) is 3. The van der Waals surface area contributed by atoms with E-state index in [9.17, 15) is 0 Å². The fraction of sp³-hybridized carbons (Fsp3) is 0.125. The fourth-order valence-electron chi connectivity index (χ4n) is 2.17. The third-order valence-electron chi connectivity index (χ3n) is 3.19. The third kappa shape index (κ3) is 2.06. The maximum atomic E-state index is 5.93. The van der Waals surface area contributed by atoms with Crippen LogP contribution in [0.25, 0.3) is 22.3 Å². The molecule has 0 fully saturated rings. The molecule has 0 saturated carbocycles. The van der Waals surface area contributed by atoms with Gasteiger partial charge in [0.15, 0.2) is 5.76 Å². The van der Waals surface area contributed by atoms with Crippen molar-refractivity contribution in [2.24, 2.45) is 0 Å². The van der Waals surface area contributed by atoms with Gasteiger partial charge in [-0.15, -0.1) is 0 Å². The molecule has 0 bridgehead atoms. The molecule has 0 amide bonds. The van der Waals surface area contributed by atoms with E-state index in [1.807, 2.05) is 42.5 Å². The summed E-state index contributed by atoms with van der Waals surface area (Å²) in [5.74, 6) is 2.22. The summed E-state index contributed by atoms with van der Waals surface area (Å²) in [4.78, 5) is 0. The van der Waals surface area contributed by atoms with Gasteiger partial charge in [0.25, 0.3) is 0 Å². The SMILES string of the molecule is COc1ccc(-c2oc3ccccc3c2Br)c(OC)c1. The summed E-state index contributed by atoms with van der Waals surface area (Å²) in [6.07, 6.45) is 0. The molecule has 0 spiro atoms. The van der Waals surface area contributed by atoms with Gasteiger partial charge in [0.05, 0.1) is 24.3 Å². The number of rotatable bonds is 3. The van der Waals surface area contributed by atoms with Crippen molar-refractivity contribution in [2.75, 3.05) is 14.2 Å². The van der Waals surface area contributed by atoms with Gasteiger partial charge in [-0.1, -0.05) is 12.1 Å². The molecule has 0 saturated heterocycles. The first-order valence-electron chi connectivity index (χ1n) is 6.14. The normalized spacial score (nSPS) is 10.8. The number of para-hydroxylation sites is 1. The first-order chi connectivity index (χ1) is 9.74. The molecular weight excluding hydrogens is 320 g/mol. The van der Waals surface area contributed by atoms with Crippen LogP contribution in [0.15, 0.2) is 51.4 Å². The zero-order chi connectivity index (χ0) is 14.1. The molecule has 0 N–H and O–H groups in total. The Morgan fingerprint density at radius 1 is 1.00 bits per heavy atom. The Morgan fingerprint density at radius 3 is 2.50 bits per heavy atom. The summed E-state index contributed by atoms with van der Waals surface area (Å²) in [7, 11) is 3.26. The van der Waals surface area contributed by atoms with Gasteiger partial charge in [0, 0.05) is 11.5 Å². The summed E-state index contributed by atoms with van der Waals surface area (Å²) in [5.41, 5.74) is 1.73. The number of hydrogen-bond donors (Lipinski definition) is 0. The van der Waals surface area contributed by atoms with Crippen LogP contribution in [0.4, 0.5) is 0 Å². The summed E-state index contributed by atoms with van der Waals surface area (Å²) < 4.78 is 17.5. The largest absolute Gasteiger partial charge is 0.497 e. The molecule has 4 heteroatoms. The highest BCUT2D eigenvalue weighted by molar-refractivity contribution is 9.10. The van der Waals surface area contributed by atoms with Crippen molar-refractivity contribution in [3.63, 3.8) is 0 Å². The van der Waals surface area contributed by atoms with Crippen LogP contribution in [0, 0.1) is 0 Å². The van der Waals surface area contributed by atoms with E-state index < -0.39 is 0 Å². The summed E-state index contributed by atoms with van der Waals surface area (Å²) in [5, 5.41) is 1.04. The molecule has 0 aliphatic carbocycles. The minimum Gasteiger partial charge on any atom is -0.497 e. The van der Waals surface area contributed by atoms with Crippen molar-refractivity contribution >= 4 is 26.9 Å². The summed E-state index contributed by atoms with van der Waals surface area (Å²) >= 11 is 3.61. The van der Waals surface area contributed by atoms with Crippen LogP contribution >= 0.6 is 15.9 Å². The molecule has 0 unspecified atom stereocenters. The average molecular weight is 333 g/mol. The highest BCUT2D eigenvalue weighted by Crippen LogP contribution is 2.42. The number of furan rings is 1. The molecule has 3 aromatic rings. The quantitative estimate of drug-likeness (QED) is 0.685. The Labute approximate surface area is 125 Å². The number of methoxy groups -OCH3 is 2. The smallest absolute Gasteiger partial charge is 0.153 e. The van der Waals surface area contributed by atoms with E-state index in [1.54, 1.807) is 14.2 Å². The van der Waals surface area contributed by atoms with Gasteiger partial charge in [-0.2, -0.15) is 0 Å². The molecule has 1 heterocycles. The first-order valence-corrected chi connectivity index (χ1v) is 6.93. The second kappa shape index (κ2) is 5.21. The molecule has 3 rings (SSSR count). The Balaban J connectivity index is 2.22. The molecule has 0 atom stereocenters. The molecular formula is C16H13BrO3. The number of benzene rings is 2. The van der Waals surface area contributed by atoms with E-state index in [0.717, 1.165) is 32.5 Å². The second-order valence-electron chi connectivity index (χ2n) is 4.31. The fourth-order valence-corrected chi connectivity index (χ4v) is 2.80.